The van der Waals surface area contributed by atoms with E-state index in [1.54, 1.807) is 0 Å². The van der Waals surface area contributed by atoms with Gasteiger partial charge in [0, 0.05) is 18.6 Å². The summed E-state index contributed by atoms with van der Waals surface area (Å²) in [7, 11) is 0. The van der Waals surface area contributed by atoms with Gasteiger partial charge in [-0.15, -0.1) is 0 Å². The van der Waals surface area contributed by atoms with Gasteiger partial charge in [-0.2, -0.15) is 0 Å². The van der Waals surface area contributed by atoms with Crippen molar-refractivity contribution in [2.24, 2.45) is 0 Å². The lowest BCUT2D eigenvalue weighted by molar-refractivity contribution is -0.152. The summed E-state index contributed by atoms with van der Waals surface area (Å²) in [5, 5.41) is 3.48. The van der Waals surface area contributed by atoms with Crippen LogP contribution in [0.15, 0.2) is 0 Å². The van der Waals surface area contributed by atoms with Crippen molar-refractivity contribution < 1.29 is 9.53 Å². The van der Waals surface area contributed by atoms with Gasteiger partial charge < -0.3 is 9.64 Å². The molecule has 0 bridgehead atoms. The quantitative estimate of drug-likeness (QED) is 0.778. The molecule has 1 heterocycles. The Morgan fingerprint density at radius 1 is 1.26 bits per heavy atom. The first-order valence-corrected chi connectivity index (χ1v) is 7.60. The van der Waals surface area contributed by atoms with Gasteiger partial charge in [0.05, 0.1) is 6.61 Å². The minimum Gasteiger partial charge on any atom is -0.465 e. The van der Waals surface area contributed by atoms with Crippen molar-refractivity contribution in [1.29, 1.82) is 0 Å². The van der Waals surface area contributed by atoms with Crippen molar-refractivity contribution >= 4 is 5.97 Å². The highest BCUT2D eigenvalue weighted by molar-refractivity contribution is 5.81. The number of esters is 1. The van der Waals surface area contributed by atoms with Gasteiger partial charge in [-0.1, -0.05) is 0 Å². The molecular formula is C15H30N2O2. The molecule has 1 N–H and O–H groups in total. The second-order valence-electron chi connectivity index (χ2n) is 6.08. The van der Waals surface area contributed by atoms with Gasteiger partial charge >= 0.3 is 5.97 Å². The van der Waals surface area contributed by atoms with Crippen LogP contribution in [0.4, 0.5) is 0 Å². The molecule has 0 aromatic rings. The molecule has 0 spiro atoms. The summed E-state index contributed by atoms with van der Waals surface area (Å²) >= 11 is 0. The standard InChI is InChI=1S/C15H30N2O2/c1-6-19-14(18)15(16-12(2)3)8-7-10-17(11-9-15)13(4)5/h12-13,16H,6-11H2,1-5H3. The number of nitrogens with one attached hydrogen (secondary N) is 1. The van der Waals surface area contributed by atoms with E-state index in [-0.39, 0.29) is 12.0 Å². The molecular weight excluding hydrogens is 240 g/mol. The molecule has 1 saturated heterocycles. The Bertz CT molecular complexity index is 292. The van der Waals surface area contributed by atoms with E-state index in [1.807, 2.05) is 6.92 Å². The molecule has 1 aliphatic rings. The van der Waals surface area contributed by atoms with Gasteiger partial charge in [0.15, 0.2) is 0 Å². The van der Waals surface area contributed by atoms with Gasteiger partial charge in [-0.05, 0) is 60.4 Å². The zero-order chi connectivity index (χ0) is 14.5. The smallest absolute Gasteiger partial charge is 0.326 e. The average molecular weight is 270 g/mol. The first-order chi connectivity index (χ1) is 8.91. The largest absolute Gasteiger partial charge is 0.465 e. The Hall–Kier alpha value is -0.610. The molecule has 0 aromatic carbocycles. The minimum absolute atomic E-state index is 0.0747. The molecule has 1 fully saturated rings. The van der Waals surface area contributed by atoms with E-state index in [9.17, 15) is 4.79 Å². The summed E-state index contributed by atoms with van der Waals surface area (Å²) in [6.45, 7) is 13.0. The summed E-state index contributed by atoms with van der Waals surface area (Å²) in [6, 6.07) is 0.826. The average Bonchev–Trinajstić information content (AvgIpc) is 2.52. The van der Waals surface area contributed by atoms with Crippen molar-refractivity contribution in [3.63, 3.8) is 0 Å². The van der Waals surface area contributed by atoms with Gasteiger partial charge in [0.25, 0.3) is 0 Å². The zero-order valence-electron chi connectivity index (χ0n) is 13.2. The van der Waals surface area contributed by atoms with Crippen molar-refractivity contribution in [1.82, 2.24) is 10.2 Å². The third-order valence-corrected chi connectivity index (χ3v) is 3.84. The number of carbonyl (C=O) groups is 1. The number of hydrogen-bond acceptors (Lipinski definition) is 4. The van der Waals surface area contributed by atoms with Crippen molar-refractivity contribution in [3.8, 4) is 0 Å². The van der Waals surface area contributed by atoms with E-state index in [4.69, 9.17) is 4.74 Å². The summed E-state index contributed by atoms with van der Waals surface area (Å²) in [5.74, 6) is -0.0747. The van der Waals surface area contributed by atoms with Gasteiger partial charge in [0.1, 0.15) is 5.54 Å². The number of ether oxygens (including phenoxy) is 1. The zero-order valence-corrected chi connectivity index (χ0v) is 13.2. The number of rotatable bonds is 5. The van der Waals surface area contributed by atoms with Crippen LogP contribution >= 0.6 is 0 Å². The molecule has 0 radical (unpaired) electrons. The number of likely N-dealkylation sites (tertiary alicyclic amines) is 1. The van der Waals surface area contributed by atoms with Gasteiger partial charge in [-0.25, -0.2) is 0 Å². The van der Waals surface area contributed by atoms with E-state index < -0.39 is 5.54 Å². The fraction of sp³-hybridized carbons (Fsp3) is 0.933. The third kappa shape index (κ3) is 4.46. The van der Waals surface area contributed by atoms with Crippen LogP contribution in [0.1, 0.15) is 53.9 Å². The fourth-order valence-electron chi connectivity index (χ4n) is 2.90. The molecule has 0 aromatic heterocycles. The first kappa shape index (κ1) is 16.4. The molecule has 19 heavy (non-hydrogen) atoms. The molecule has 1 unspecified atom stereocenters. The molecule has 0 saturated carbocycles. The van der Waals surface area contributed by atoms with E-state index >= 15 is 0 Å². The topological polar surface area (TPSA) is 41.6 Å². The van der Waals surface area contributed by atoms with Gasteiger partial charge in [0.2, 0.25) is 0 Å². The summed E-state index contributed by atoms with van der Waals surface area (Å²) in [6.07, 6.45) is 2.74. The maximum Gasteiger partial charge on any atom is 0.326 e. The van der Waals surface area contributed by atoms with E-state index in [2.05, 4.69) is 37.9 Å². The fourth-order valence-corrected chi connectivity index (χ4v) is 2.90. The molecule has 0 amide bonds. The number of nitrogens with zero attached hydrogens (tertiary/aromatic N) is 1. The van der Waals surface area contributed by atoms with Crippen LogP contribution in [0.5, 0.6) is 0 Å². The van der Waals surface area contributed by atoms with Crippen LogP contribution in [0, 0.1) is 0 Å². The lowest BCUT2D eigenvalue weighted by Gasteiger charge is -2.33. The molecule has 1 aliphatic heterocycles. The SMILES string of the molecule is CCOC(=O)C1(NC(C)C)CCCN(C(C)C)CC1. The number of carbonyl (C=O) groups excluding carboxylic acids is 1. The lowest BCUT2D eigenvalue weighted by Crippen LogP contribution is -2.56. The Kier molecular flexibility index (Phi) is 6.27. The summed E-state index contributed by atoms with van der Waals surface area (Å²) in [5.41, 5.74) is -0.492. The Morgan fingerprint density at radius 2 is 1.95 bits per heavy atom. The Balaban J connectivity index is 2.82. The molecule has 4 heteroatoms. The van der Waals surface area contributed by atoms with E-state index in [0.717, 1.165) is 32.4 Å². The monoisotopic (exact) mass is 270 g/mol. The number of hydrogen-bond donors (Lipinski definition) is 1. The maximum absolute atomic E-state index is 12.4. The minimum atomic E-state index is -0.492. The van der Waals surface area contributed by atoms with Crippen LogP contribution in [-0.4, -0.2) is 48.2 Å². The highest BCUT2D eigenvalue weighted by atomic mass is 16.5. The Morgan fingerprint density at radius 3 is 2.47 bits per heavy atom. The van der Waals surface area contributed by atoms with Crippen LogP contribution in [0.3, 0.4) is 0 Å². The predicted octanol–water partition coefficient (Wildman–Crippen LogP) is 2.18. The molecule has 0 aliphatic carbocycles. The maximum atomic E-state index is 12.4. The van der Waals surface area contributed by atoms with Crippen molar-refractivity contribution in [2.75, 3.05) is 19.7 Å². The normalized spacial score (nSPS) is 25.6. The highest BCUT2D eigenvalue weighted by Crippen LogP contribution is 2.25. The van der Waals surface area contributed by atoms with E-state index in [1.165, 1.54) is 0 Å². The summed E-state index contributed by atoms with van der Waals surface area (Å²) in [4.78, 5) is 14.8. The van der Waals surface area contributed by atoms with Crippen LogP contribution in [-0.2, 0) is 9.53 Å². The second kappa shape index (κ2) is 7.25. The van der Waals surface area contributed by atoms with E-state index in [0.29, 0.717) is 12.6 Å². The Labute approximate surface area is 117 Å². The van der Waals surface area contributed by atoms with Crippen LogP contribution in [0.2, 0.25) is 0 Å². The van der Waals surface area contributed by atoms with Gasteiger partial charge in [-0.3, -0.25) is 10.1 Å². The molecule has 1 atom stereocenters. The van der Waals surface area contributed by atoms with Crippen LogP contribution in [0.25, 0.3) is 0 Å². The molecule has 4 nitrogen and oxygen atoms in total. The van der Waals surface area contributed by atoms with Crippen LogP contribution < -0.4 is 5.32 Å². The molecule has 1 rings (SSSR count). The highest BCUT2D eigenvalue weighted by Gasteiger charge is 2.41. The summed E-state index contributed by atoms with van der Waals surface area (Å²) < 4.78 is 5.32. The second-order valence-corrected chi connectivity index (χ2v) is 6.08. The predicted molar refractivity (Wildman–Crippen MR) is 78.2 cm³/mol. The molecule has 112 valence electrons. The van der Waals surface area contributed by atoms with Crippen molar-refractivity contribution in [3.05, 3.63) is 0 Å². The third-order valence-electron chi connectivity index (χ3n) is 3.84. The van der Waals surface area contributed by atoms with Crippen molar-refractivity contribution in [2.45, 2.75) is 71.5 Å². The first-order valence-electron chi connectivity index (χ1n) is 7.60. The lowest BCUT2D eigenvalue weighted by atomic mass is 9.89.